The molecule has 0 radical (unpaired) electrons. The maximum Gasteiger partial charge on any atom is 0.224 e. The highest BCUT2D eigenvalue weighted by atomic mass is 19.1. The molecule has 0 unspecified atom stereocenters. The van der Waals surface area contributed by atoms with Crippen LogP contribution in [-0.4, -0.2) is 36.1 Å². The van der Waals surface area contributed by atoms with Crippen molar-refractivity contribution >= 4 is 17.5 Å². The maximum absolute atomic E-state index is 14.0. The van der Waals surface area contributed by atoms with Crippen LogP contribution in [0.2, 0.25) is 0 Å². The first kappa shape index (κ1) is 18.2. The first-order valence-electron chi connectivity index (χ1n) is 9.56. The van der Waals surface area contributed by atoms with Gasteiger partial charge in [-0.2, -0.15) is 4.98 Å². The summed E-state index contributed by atoms with van der Waals surface area (Å²) in [4.78, 5) is 13.3. The van der Waals surface area contributed by atoms with E-state index in [1.807, 2.05) is 18.2 Å². The summed E-state index contributed by atoms with van der Waals surface area (Å²) in [5.74, 6) is 1.35. The van der Waals surface area contributed by atoms with E-state index >= 15 is 0 Å². The smallest absolute Gasteiger partial charge is 0.224 e. The Morgan fingerprint density at radius 2 is 1.75 bits per heavy atom. The SMILES string of the molecule is Cc1cccc(CNc2nccc(N3CCN(c4ccccc4F)CC3)n2)c1. The Hall–Kier alpha value is -3.15. The van der Waals surface area contributed by atoms with E-state index in [0.29, 0.717) is 18.2 Å². The van der Waals surface area contributed by atoms with E-state index in [1.165, 1.54) is 17.2 Å². The molecule has 1 N–H and O–H groups in total. The van der Waals surface area contributed by atoms with Gasteiger partial charge in [0.1, 0.15) is 11.6 Å². The molecule has 1 saturated heterocycles. The number of rotatable bonds is 5. The van der Waals surface area contributed by atoms with E-state index in [-0.39, 0.29) is 5.82 Å². The van der Waals surface area contributed by atoms with Crippen molar-refractivity contribution in [2.24, 2.45) is 0 Å². The fourth-order valence-corrected chi connectivity index (χ4v) is 3.50. The van der Waals surface area contributed by atoms with Gasteiger partial charge in [-0.1, -0.05) is 42.0 Å². The van der Waals surface area contributed by atoms with Crippen molar-refractivity contribution in [1.82, 2.24) is 9.97 Å². The van der Waals surface area contributed by atoms with Crippen LogP contribution < -0.4 is 15.1 Å². The molecular weight excluding hydrogens is 353 g/mol. The van der Waals surface area contributed by atoms with Crippen molar-refractivity contribution in [1.29, 1.82) is 0 Å². The molecule has 5 nitrogen and oxygen atoms in total. The van der Waals surface area contributed by atoms with Gasteiger partial charge in [0.2, 0.25) is 5.95 Å². The van der Waals surface area contributed by atoms with Crippen molar-refractivity contribution in [3.8, 4) is 0 Å². The molecule has 0 aliphatic carbocycles. The molecule has 0 bridgehead atoms. The second-order valence-corrected chi connectivity index (χ2v) is 7.01. The van der Waals surface area contributed by atoms with E-state index in [1.54, 1.807) is 12.3 Å². The van der Waals surface area contributed by atoms with Crippen LogP contribution in [0.15, 0.2) is 60.8 Å². The topological polar surface area (TPSA) is 44.3 Å². The van der Waals surface area contributed by atoms with Gasteiger partial charge in [-0.3, -0.25) is 0 Å². The number of aryl methyl sites for hydroxylation is 1. The number of halogens is 1. The first-order chi connectivity index (χ1) is 13.7. The molecule has 3 aromatic rings. The third-order valence-electron chi connectivity index (χ3n) is 4.97. The molecule has 0 saturated carbocycles. The number of hydrogen-bond donors (Lipinski definition) is 1. The lowest BCUT2D eigenvalue weighted by atomic mass is 10.1. The van der Waals surface area contributed by atoms with Gasteiger partial charge in [0.25, 0.3) is 0 Å². The summed E-state index contributed by atoms with van der Waals surface area (Å²) in [6.45, 7) is 5.88. The summed E-state index contributed by atoms with van der Waals surface area (Å²) in [7, 11) is 0. The quantitative estimate of drug-likeness (QED) is 0.731. The third-order valence-corrected chi connectivity index (χ3v) is 4.97. The van der Waals surface area contributed by atoms with Crippen LogP contribution in [0.5, 0.6) is 0 Å². The van der Waals surface area contributed by atoms with Gasteiger partial charge in [0.15, 0.2) is 0 Å². The Bertz CT molecular complexity index is 937. The first-order valence-corrected chi connectivity index (χ1v) is 9.56. The van der Waals surface area contributed by atoms with Crippen molar-refractivity contribution in [2.75, 3.05) is 41.3 Å². The van der Waals surface area contributed by atoms with E-state index in [9.17, 15) is 4.39 Å². The monoisotopic (exact) mass is 377 g/mol. The van der Waals surface area contributed by atoms with E-state index in [4.69, 9.17) is 0 Å². The molecule has 1 fully saturated rings. The number of aromatic nitrogens is 2. The summed E-state index contributed by atoms with van der Waals surface area (Å²) < 4.78 is 14.0. The molecule has 0 spiro atoms. The zero-order chi connectivity index (χ0) is 19.3. The summed E-state index contributed by atoms with van der Waals surface area (Å²) in [5, 5.41) is 3.30. The minimum atomic E-state index is -0.166. The molecule has 1 aliphatic heterocycles. The van der Waals surface area contributed by atoms with Gasteiger partial charge in [-0.05, 0) is 30.7 Å². The van der Waals surface area contributed by atoms with E-state index in [0.717, 1.165) is 32.0 Å². The molecule has 6 heteroatoms. The van der Waals surface area contributed by atoms with Crippen molar-refractivity contribution in [3.63, 3.8) is 0 Å². The Morgan fingerprint density at radius 3 is 2.54 bits per heavy atom. The average molecular weight is 377 g/mol. The van der Waals surface area contributed by atoms with Crippen LogP contribution in [0.1, 0.15) is 11.1 Å². The molecule has 28 heavy (non-hydrogen) atoms. The van der Waals surface area contributed by atoms with Crippen molar-refractivity contribution in [2.45, 2.75) is 13.5 Å². The normalized spacial score (nSPS) is 14.2. The predicted octanol–water partition coefficient (Wildman–Crippen LogP) is 3.86. The lowest BCUT2D eigenvalue weighted by Crippen LogP contribution is -2.47. The number of nitrogens with one attached hydrogen (secondary N) is 1. The summed E-state index contributed by atoms with van der Waals surface area (Å²) in [5.41, 5.74) is 3.11. The molecule has 0 amide bonds. The van der Waals surface area contributed by atoms with Crippen LogP contribution in [0.25, 0.3) is 0 Å². The standard InChI is InChI=1S/C22H24FN5/c1-17-5-4-6-18(15-17)16-25-22-24-10-9-21(26-22)28-13-11-27(12-14-28)20-8-3-2-7-19(20)23/h2-10,15H,11-14,16H2,1H3,(H,24,25,26). The number of piperazine rings is 1. The van der Waals surface area contributed by atoms with Gasteiger partial charge in [0, 0.05) is 38.9 Å². The second-order valence-electron chi connectivity index (χ2n) is 7.01. The molecular formula is C22H24FN5. The lowest BCUT2D eigenvalue weighted by molar-refractivity contribution is 0.596. The van der Waals surface area contributed by atoms with Gasteiger partial charge in [0.05, 0.1) is 5.69 Å². The molecule has 2 heterocycles. The van der Waals surface area contributed by atoms with Crippen LogP contribution in [0, 0.1) is 12.7 Å². The lowest BCUT2D eigenvalue weighted by Gasteiger charge is -2.36. The minimum Gasteiger partial charge on any atom is -0.366 e. The van der Waals surface area contributed by atoms with E-state index < -0.39 is 0 Å². The Balaban J connectivity index is 1.38. The molecule has 4 rings (SSSR count). The molecule has 1 aromatic heterocycles. The molecule has 0 atom stereocenters. The van der Waals surface area contributed by atoms with E-state index in [2.05, 4.69) is 56.3 Å². The number of nitrogens with zero attached hydrogens (tertiary/aromatic N) is 4. The Kier molecular flexibility index (Phi) is 5.37. The molecule has 2 aromatic carbocycles. The highest BCUT2D eigenvalue weighted by molar-refractivity contribution is 5.51. The number of hydrogen-bond acceptors (Lipinski definition) is 5. The Morgan fingerprint density at radius 1 is 0.964 bits per heavy atom. The maximum atomic E-state index is 14.0. The fourth-order valence-electron chi connectivity index (χ4n) is 3.50. The highest BCUT2D eigenvalue weighted by Gasteiger charge is 2.20. The van der Waals surface area contributed by atoms with Gasteiger partial charge in [-0.25, -0.2) is 9.37 Å². The average Bonchev–Trinajstić information content (AvgIpc) is 2.73. The van der Waals surface area contributed by atoms with Gasteiger partial charge < -0.3 is 15.1 Å². The number of benzene rings is 2. The summed E-state index contributed by atoms with van der Waals surface area (Å²) in [6, 6.07) is 17.3. The predicted molar refractivity (Wildman–Crippen MR) is 111 cm³/mol. The van der Waals surface area contributed by atoms with Crippen molar-refractivity contribution in [3.05, 3.63) is 77.7 Å². The minimum absolute atomic E-state index is 0.166. The van der Waals surface area contributed by atoms with Crippen molar-refractivity contribution < 1.29 is 4.39 Å². The number of anilines is 3. The Labute approximate surface area is 164 Å². The summed E-state index contributed by atoms with van der Waals surface area (Å²) >= 11 is 0. The van der Waals surface area contributed by atoms with Crippen LogP contribution in [0.4, 0.5) is 21.8 Å². The van der Waals surface area contributed by atoms with Crippen LogP contribution >= 0.6 is 0 Å². The zero-order valence-corrected chi connectivity index (χ0v) is 16.0. The van der Waals surface area contributed by atoms with Gasteiger partial charge in [-0.15, -0.1) is 0 Å². The fraction of sp³-hybridized carbons (Fsp3) is 0.273. The highest BCUT2D eigenvalue weighted by Crippen LogP contribution is 2.22. The third kappa shape index (κ3) is 4.22. The second kappa shape index (κ2) is 8.25. The van der Waals surface area contributed by atoms with Crippen LogP contribution in [0.3, 0.4) is 0 Å². The molecule has 144 valence electrons. The summed E-state index contributed by atoms with van der Waals surface area (Å²) in [6.07, 6.45) is 1.78. The number of para-hydroxylation sites is 1. The largest absolute Gasteiger partial charge is 0.366 e. The van der Waals surface area contributed by atoms with Crippen LogP contribution in [-0.2, 0) is 6.54 Å². The molecule has 1 aliphatic rings. The zero-order valence-electron chi connectivity index (χ0n) is 16.0. The van der Waals surface area contributed by atoms with Gasteiger partial charge >= 0.3 is 0 Å².